The number of thiophene rings is 1. The van der Waals surface area contributed by atoms with E-state index in [9.17, 15) is 0 Å². The molecule has 0 N–H and O–H groups in total. The Morgan fingerprint density at radius 2 is 1.17 bits per heavy atom. The molecule has 0 spiro atoms. The normalized spacial score (nSPS) is 11.2. The summed E-state index contributed by atoms with van der Waals surface area (Å²) in [5, 5.41) is 0.902. The van der Waals surface area contributed by atoms with Crippen molar-refractivity contribution < 1.29 is 9.13 Å². The maximum Gasteiger partial charge on any atom is 0.182 e. The van der Waals surface area contributed by atoms with E-state index in [0.717, 1.165) is 47.1 Å². The fourth-order valence-corrected chi connectivity index (χ4v) is 5.63. The second-order valence-corrected chi connectivity index (χ2v) is 10.3. The van der Waals surface area contributed by atoms with Crippen molar-refractivity contribution >= 4 is 21.4 Å². The van der Waals surface area contributed by atoms with Crippen molar-refractivity contribution in [2.45, 2.75) is 46.1 Å². The van der Waals surface area contributed by atoms with Crippen molar-refractivity contribution in [3.8, 4) is 27.3 Å². The summed E-state index contributed by atoms with van der Waals surface area (Å²) in [4.78, 5) is 1.05. The number of ether oxygens (including phenoxy) is 1. The van der Waals surface area contributed by atoms with Gasteiger partial charge >= 0.3 is 0 Å². The van der Waals surface area contributed by atoms with Gasteiger partial charge in [0.25, 0.3) is 0 Å². The molecule has 5 rings (SSSR count). The summed E-state index contributed by atoms with van der Waals surface area (Å²) in [6.07, 6.45) is 4.47. The molecular weight excluding hydrogens is 463 g/mol. The predicted molar refractivity (Wildman–Crippen MR) is 151 cm³/mol. The van der Waals surface area contributed by atoms with Crippen molar-refractivity contribution in [3.05, 3.63) is 114 Å². The van der Waals surface area contributed by atoms with Crippen LogP contribution in [0.4, 0.5) is 4.39 Å². The summed E-state index contributed by atoms with van der Waals surface area (Å²) < 4.78 is 21.8. The summed E-state index contributed by atoms with van der Waals surface area (Å²) in [6.45, 7) is 4.73. The van der Waals surface area contributed by atoms with Crippen LogP contribution in [0.5, 0.6) is 5.75 Å². The van der Waals surface area contributed by atoms with Crippen LogP contribution < -0.4 is 4.74 Å². The molecule has 0 amide bonds. The summed E-state index contributed by atoms with van der Waals surface area (Å²) >= 11 is 1.47. The number of hydrogen-bond acceptors (Lipinski definition) is 2. The molecule has 0 fully saturated rings. The summed E-state index contributed by atoms with van der Waals surface area (Å²) in [6, 6.07) is 31.5. The lowest BCUT2D eigenvalue weighted by molar-refractivity contribution is 0.292. The van der Waals surface area contributed by atoms with Gasteiger partial charge in [0, 0.05) is 4.88 Å². The highest BCUT2D eigenvalue weighted by Crippen LogP contribution is 2.38. The van der Waals surface area contributed by atoms with Crippen LogP contribution >= 0.6 is 11.3 Å². The van der Waals surface area contributed by atoms with Crippen LogP contribution in [-0.2, 0) is 19.4 Å². The van der Waals surface area contributed by atoms with Gasteiger partial charge in [0.2, 0.25) is 0 Å². The van der Waals surface area contributed by atoms with Crippen molar-refractivity contribution in [1.82, 2.24) is 0 Å². The molecule has 4 aromatic carbocycles. The van der Waals surface area contributed by atoms with Crippen LogP contribution in [-0.4, -0.2) is 0 Å². The average molecular weight is 495 g/mol. The first-order chi connectivity index (χ1) is 17.6. The minimum absolute atomic E-state index is 0.282. The van der Waals surface area contributed by atoms with Crippen molar-refractivity contribution in [3.63, 3.8) is 0 Å². The highest BCUT2D eigenvalue weighted by molar-refractivity contribution is 7.22. The third-order valence-corrected chi connectivity index (χ3v) is 7.73. The van der Waals surface area contributed by atoms with E-state index in [1.165, 1.54) is 33.6 Å². The van der Waals surface area contributed by atoms with Gasteiger partial charge in [0.05, 0.1) is 4.70 Å². The molecule has 0 aliphatic carbocycles. The Hall–Kier alpha value is -3.43. The maximum atomic E-state index is 15.3. The maximum absolute atomic E-state index is 15.3. The van der Waals surface area contributed by atoms with E-state index >= 15 is 4.39 Å². The molecule has 1 nitrogen and oxygen atoms in total. The van der Waals surface area contributed by atoms with Gasteiger partial charge in [-0.15, -0.1) is 11.3 Å². The molecular formula is C33H31FOS. The zero-order valence-corrected chi connectivity index (χ0v) is 21.7. The van der Waals surface area contributed by atoms with Crippen LogP contribution in [0.2, 0.25) is 0 Å². The number of benzene rings is 4. The van der Waals surface area contributed by atoms with Gasteiger partial charge in [-0.3, -0.25) is 0 Å². The van der Waals surface area contributed by atoms with Crippen molar-refractivity contribution in [2.24, 2.45) is 0 Å². The Bertz CT molecular complexity index is 1430. The smallest absolute Gasteiger partial charge is 0.182 e. The highest BCUT2D eigenvalue weighted by atomic mass is 32.1. The van der Waals surface area contributed by atoms with Gasteiger partial charge in [-0.1, -0.05) is 99.5 Å². The molecule has 1 aromatic heterocycles. The number of aryl methyl sites for hydroxylation is 2. The quantitative estimate of drug-likeness (QED) is 0.198. The molecule has 0 radical (unpaired) electrons. The molecule has 0 saturated heterocycles. The van der Waals surface area contributed by atoms with E-state index in [1.54, 1.807) is 6.07 Å². The van der Waals surface area contributed by atoms with E-state index in [2.05, 4.69) is 92.7 Å². The van der Waals surface area contributed by atoms with Gasteiger partial charge in [0.1, 0.15) is 6.61 Å². The predicted octanol–water partition coefficient (Wildman–Crippen LogP) is 9.86. The Labute approximate surface area is 217 Å². The van der Waals surface area contributed by atoms with Crippen LogP contribution in [0.3, 0.4) is 0 Å². The van der Waals surface area contributed by atoms with Crippen LogP contribution in [0.1, 0.15) is 43.4 Å². The van der Waals surface area contributed by atoms with E-state index < -0.39 is 0 Å². The molecule has 1 heterocycles. The molecule has 5 aromatic rings. The molecule has 0 bridgehead atoms. The SMILES string of the molecule is CCCc1ccc(COc2ccc3cc(-c4ccc(-c5ccc(CCC)cc5)cc4)sc3c2F)cc1. The number of hydrogen-bond donors (Lipinski definition) is 0. The lowest BCUT2D eigenvalue weighted by Gasteiger charge is -2.08. The zero-order valence-electron chi connectivity index (χ0n) is 20.9. The lowest BCUT2D eigenvalue weighted by Crippen LogP contribution is -1.97. The number of halogens is 1. The monoisotopic (exact) mass is 494 g/mol. The molecule has 0 unspecified atom stereocenters. The van der Waals surface area contributed by atoms with Crippen molar-refractivity contribution in [1.29, 1.82) is 0 Å². The van der Waals surface area contributed by atoms with Gasteiger partial charge in [-0.2, -0.15) is 0 Å². The minimum atomic E-state index is -0.282. The van der Waals surface area contributed by atoms with E-state index in [-0.39, 0.29) is 5.82 Å². The largest absolute Gasteiger partial charge is 0.486 e. The first-order valence-corrected chi connectivity index (χ1v) is 13.6. The first-order valence-electron chi connectivity index (χ1n) is 12.8. The third kappa shape index (κ3) is 5.37. The lowest BCUT2D eigenvalue weighted by atomic mass is 10.0. The summed E-state index contributed by atoms with van der Waals surface area (Å²) in [7, 11) is 0. The zero-order chi connectivity index (χ0) is 24.9. The standard InChI is InChI=1S/C33H31FOS/c1-3-5-23-7-9-25(10-8-23)22-35-30-20-19-29-21-31(36-33(29)32(30)34)28-17-15-27(16-18-28)26-13-11-24(6-4-2)12-14-26/h7-21H,3-6,22H2,1-2H3. The first kappa shape index (κ1) is 24.3. The fraction of sp³-hybridized carbons (Fsp3) is 0.212. The third-order valence-electron chi connectivity index (χ3n) is 6.54. The molecule has 36 heavy (non-hydrogen) atoms. The second kappa shape index (κ2) is 11.1. The average Bonchev–Trinajstić information content (AvgIpc) is 3.36. The van der Waals surface area contributed by atoms with Gasteiger partial charge in [-0.05, 0) is 69.8 Å². The summed E-state index contributed by atoms with van der Waals surface area (Å²) in [5.74, 6) is 0.0190. The Kier molecular flexibility index (Phi) is 7.48. The van der Waals surface area contributed by atoms with E-state index in [0.29, 0.717) is 17.1 Å². The summed E-state index contributed by atoms with van der Waals surface area (Å²) in [5.41, 5.74) is 7.23. The van der Waals surface area contributed by atoms with E-state index in [4.69, 9.17) is 4.74 Å². The van der Waals surface area contributed by atoms with Crippen LogP contribution in [0, 0.1) is 5.82 Å². The Balaban J connectivity index is 1.31. The van der Waals surface area contributed by atoms with Gasteiger partial charge in [-0.25, -0.2) is 4.39 Å². The van der Waals surface area contributed by atoms with Gasteiger partial charge < -0.3 is 4.74 Å². The number of rotatable bonds is 9. The van der Waals surface area contributed by atoms with Crippen LogP contribution in [0.15, 0.2) is 91.0 Å². The number of fused-ring (bicyclic) bond motifs is 1. The molecule has 0 saturated carbocycles. The van der Waals surface area contributed by atoms with Gasteiger partial charge in [0.15, 0.2) is 11.6 Å². The molecule has 0 aliphatic rings. The van der Waals surface area contributed by atoms with Crippen molar-refractivity contribution in [2.75, 3.05) is 0 Å². The Morgan fingerprint density at radius 3 is 1.78 bits per heavy atom. The van der Waals surface area contributed by atoms with Crippen LogP contribution in [0.25, 0.3) is 31.7 Å². The second-order valence-electron chi connectivity index (χ2n) is 9.29. The fourth-order valence-electron chi connectivity index (χ4n) is 4.54. The van der Waals surface area contributed by atoms with E-state index in [1.807, 2.05) is 6.07 Å². The molecule has 0 aliphatic heterocycles. The highest BCUT2D eigenvalue weighted by Gasteiger charge is 2.14. The molecule has 3 heteroatoms. The minimum Gasteiger partial charge on any atom is -0.486 e. The molecule has 0 atom stereocenters. The Morgan fingerprint density at radius 1 is 0.639 bits per heavy atom. The molecule has 182 valence electrons. The topological polar surface area (TPSA) is 9.23 Å².